The topological polar surface area (TPSA) is 72.0 Å². The molecule has 0 amide bonds. The maximum atomic E-state index is 5.37. The lowest BCUT2D eigenvalue weighted by Crippen LogP contribution is -2.05. The van der Waals surface area contributed by atoms with Crippen molar-refractivity contribution in [2.75, 3.05) is 17.7 Å². The Morgan fingerprint density at radius 1 is 0.447 bits per heavy atom. The van der Waals surface area contributed by atoms with E-state index in [0.717, 1.165) is 22.1 Å². The monoisotopic (exact) mass is 493 g/mol. The average Bonchev–Trinajstić information content (AvgIpc) is 2.94. The quantitative estimate of drug-likeness (QED) is 0.237. The summed E-state index contributed by atoms with van der Waals surface area (Å²) in [5.41, 5.74) is 1.76. The van der Waals surface area contributed by atoms with Gasteiger partial charge in [-0.15, -0.1) is 0 Å². The van der Waals surface area contributed by atoms with Crippen molar-refractivity contribution in [2.45, 2.75) is 0 Å². The van der Waals surface area contributed by atoms with Crippen LogP contribution in [0, 0.1) is 0 Å². The lowest BCUT2D eigenvalue weighted by Gasteiger charge is -2.11. The Bertz CT molecular complexity index is 1850. The summed E-state index contributed by atoms with van der Waals surface area (Å²) >= 11 is 0. The molecule has 6 heteroatoms. The summed E-state index contributed by atoms with van der Waals surface area (Å²) in [6.45, 7) is 0. The normalized spacial score (nSPS) is 11.3. The Morgan fingerprint density at radius 2 is 0.842 bits per heavy atom. The molecule has 1 heterocycles. The van der Waals surface area contributed by atoms with Gasteiger partial charge in [0.1, 0.15) is 0 Å². The van der Waals surface area contributed by atoms with Gasteiger partial charge in [0.05, 0.1) is 7.11 Å². The molecule has 7 rings (SSSR count). The van der Waals surface area contributed by atoms with Crippen LogP contribution in [0.2, 0.25) is 0 Å². The van der Waals surface area contributed by atoms with Gasteiger partial charge in [-0.1, -0.05) is 60.7 Å². The molecule has 0 unspecified atom stereocenters. The molecular formula is C32H23N5O. The highest BCUT2D eigenvalue weighted by atomic mass is 16.5. The zero-order valence-electron chi connectivity index (χ0n) is 20.6. The van der Waals surface area contributed by atoms with Crippen molar-refractivity contribution in [2.24, 2.45) is 0 Å². The van der Waals surface area contributed by atoms with E-state index >= 15 is 0 Å². The predicted molar refractivity (Wildman–Crippen MR) is 156 cm³/mol. The highest BCUT2D eigenvalue weighted by Crippen LogP contribution is 2.29. The molecule has 0 radical (unpaired) electrons. The van der Waals surface area contributed by atoms with Crippen molar-refractivity contribution in [1.82, 2.24) is 15.0 Å². The molecule has 2 N–H and O–H groups in total. The van der Waals surface area contributed by atoms with Crippen LogP contribution in [0.3, 0.4) is 0 Å². The van der Waals surface area contributed by atoms with Crippen LogP contribution in [0.15, 0.2) is 109 Å². The molecule has 0 saturated carbocycles. The average molecular weight is 494 g/mol. The third-order valence-electron chi connectivity index (χ3n) is 6.72. The molecular weight excluding hydrogens is 470 g/mol. The first-order valence-corrected chi connectivity index (χ1v) is 12.4. The zero-order valence-corrected chi connectivity index (χ0v) is 20.6. The molecule has 6 nitrogen and oxygen atoms in total. The van der Waals surface area contributed by atoms with E-state index in [1.165, 1.54) is 32.3 Å². The summed E-state index contributed by atoms with van der Waals surface area (Å²) < 4.78 is 5.37. The number of anilines is 4. The van der Waals surface area contributed by atoms with Gasteiger partial charge in [0.25, 0.3) is 0 Å². The second-order valence-electron chi connectivity index (χ2n) is 9.24. The molecule has 0 spiro atoms. The number of hydrogen-bond acceptors (Lipinski definition) is 6. The van der Waals surface area contributed by atoms with Gasteiger partial charge < -0.3 is 15.4 Å². The fourth-order valence-electron chi connectivity index (χ4n) is 4.85. The van der Waals surface area contributed by atoms with E-state index in [4.69, 9.17) is 4.74 Å². The summed E-state index contributed by atoms with van der Waals surface area (Å²) in [5, 5.41) is 16.1. The molecule has 1 aromatic heterocycles. The third kappa shape index (κ3) is 4.18. The number of nitrogens with zero attached hydrogens (tertiary/aromatic N) is 3. The van der Waals surface area contributed by atoms with Crippen molar-refractivity contribution in [1.29, 1.82) is 0 Å². The molecule has 0 aliphatic heterocycles. The Kier molecular flexibility index (Phi) is 5.22. The van der Waals surface area contributed by atoms with Crippen LogP contribution < -0.4 is 15.4 Å². The second kappa shape index (κ2) is 9.01. The van der Waals surface area contributed by atoms with Crippen molar-refractivity contribution in [3.63, 3.8) is 0 Å². The van der Waals surface area contributed by atoms with Crippen LogP contribution in [0.4, 0.5) is 23.3 Å². The highest BCUT2D eigenvalue weighted by Gasteiger charge is 2.09. The van der Waals surface area contributed by atoms with Crippen molar-refractivity contribution in [3.8, 4) is 6.01 Å². The molecule has 6 aromatic carbocycles. The Labute approximate surface area is 219 Å². The molecule has 0 aliphatic rings. The fourth-order valence-corrected chi connectivity index (χ4v) is 4.85. The SMILES string of the molecule is COc1nc(Nc2ccc3cc4ccccc4cc3c2)nc(Nc2ccc3cc4ccccc4cc3c2)n1. The minimum atomic E-state index is 0.226. The number of methoxy groups -OCH3 is 1. The van der Waals surface area contributed by atoms with Gasteiger partial charge in [0.15, 0.2) is 0 Å². The number of fused-ring (bicyclic) bond motifs is 4. The predicted octanol–water partition coefficient (Wildman–Crippen LogP) is 7.98. The van der Waals surface area contributed by atoms with Crippen LogP contribution in [0.25, 0.3) is 43.1 Å². The molecule has 0 aliphatic carbocycles. The molecule has 38 heavy (non-hydrogen) atoms. The Hall–Kier alpha value is -5.23. The summed E-state index contributed by atoms with van der Waals surface area (Å²) in [4.78, 5) is 13.4. The van der Waals surface area contributed by atoms with Crippen LogP contribution in [-0.2, 0) is 0 Å². The third-order valence-corrected chi connectivity index (χ3v) is 6.72. The number of rotatable bonds is 5. The number of benzene rings is 6. The number of nitrogens with one attached hydrogen (secondary N) is 2. The van der Waals surface area contributed by atoms with Gasteiger partial charge in [0.2, 0.25) is 11.9 Å². The number of ether oxygens (including phenoxy) is 1. The van der Waals surface area contributed by atoms with E-state index < -0.39 is 0 Å². The molecule has 7 aromatic rings. The molecule has 182 valence electrons. The summed E-state index contributed by atoms with van der Waals surface area (Å²) in [7, 11) is 1.55. The minimum absolute atomic E-state index is 0.226. The Morgan fingerprint density at radius 3 is 1.26 bits per heavy atom. The maximum absolute atomic E-state index is 5.37. The van der Waals surface area contributed by atoms with Gasteiger partial charge in [-0.3, -0.25) is 0 Å². The van der Waals surface area contributed by atoms with E-state index in [1.807, 2.05) is 12.1 Å². The summed E-state index contributed by atoms with van der Waals surface area (Å²) in [5.74, 6) is 0.789. The first-order valence-electron chi connectivity index (χ1n) is 12.4. The van der Waals surface area contributed by atoms with Gasteiger partial charge in [-0.05, 0) is 91.6 Å². The van der Waals surface area contributed by atoms with E-state index in [9.17, 15) is 0 Å². The summed E-state index contributed by atoms with van der Waals surface area (Å²) in [6, 6.07) is 38.2. The maximum Gasteiger partial charge on any atom is 0.322 e. The number of hydrogen-bond donors (Lipinski definition) is 2. The molecule has 0 saturated heterocycles. The van der Waals surface area contributed by atoms with E-state index in [1.54, 1.807) is 7.11 Å². The first kappa shape index (κ1) is 22.0. The van der Waals surface area contributed by atoms with Gasteiger partial charge in [0, 0.05) is 11.4 Å². The molecule has 0 atom stereocenters. The van der Waals surface area contributed by atoms with Crippen molar-refractivity contribution < 1.29 is 4.74 Å². The van der Waals surface area contributed by atoms with Gasteiger partial charge in [-0.2, -0.15) is 15.0 Å². The van der Waals surface area contributed by atoms with Crippen molar-refractivity contribution >= 4 is 66.4 Å². The van der Waals surface area contributed by atoms with Crippen LogP contribution in [-0.4, -0.2) is 22.1 Å². The summed E-state index contributed by atoms with van der Waals surface area (Å²) in [6.07, 6.45) is 0. The van der Waals surface area contributed by atoms with Gasteiger partial charge in [-0.25, -0.2) is 0 Å². The van der Waals surface area contributed by atoms with Crippen LogP contribution in [0.5, 0.6) is 6.01 Å². The van der Waals surface area contributed by atoms with Crippen molar-refractivity contribution in [3.05, 3.63) is 109 Å². The van der Waals surface area contributed by atoms with Gasteiger partial charge >= 0.3 is 6.01 Å². The van der Waals surface area contributed by atoms with E-state index in [-0.39, 0.29) is 6.01 Å². The fraction of sp³-hybridized carbons (Fsp3) is 0.0312. The lowest BCUT2D eigenvalue weighted by atomic mass is 10.0. The highest BCUT2D eigenvalue weighted by molar-refractivity contribution is 6.00. The van der Waals surface area contributed by atoms with Crippen LogP contribution >= 0.6 is 0 Å². The standard InChI is InChI=1S/C32H23N5O/c1-38-32-36-30(33-28-12-10-24-14-20-6-2-4-8-22(20)16-26(24)18-28)35-31(37-32)34-29-13-11-25-15-21-7-3-5-9-23(21)17-27(25)19-29/h2-19H,1H3,(H2,33,34,35,36,37). The van der Waals surface area contributed by atoms with E-state index in [0.29, 0.717) is 11.9 Å². The lowest BCUT2D eigenvalue weighted by molar-refractivity contribution is 0.380. The molecule has 0 bridgehead atoms. The Balaban J connectivity index is 1.20. The van der Waals surface area contributed by atoms with E-state index in [2.05, 4.69) is 123 Å². The second-order valence-corrected chi connectivity index (χ2v) is 9.24. The largest absolute Gasteiger partial charge is 0.467 e. The molecule has 0 fully saturated rings. The number of aromatic nitrogens is 3. The zero-order chi connectivity index (χ0) is 25.5. The minimum Gasteiger partial charge on any atom is -0.467 e. The smallest absolute Gasteiger partial charge is 0.322 e. The van der Waals surface area contributed by atoms with Crippen LogP contribution in [0.1, 0.15) is 0 Å². The first-order chi connectivity index (χ1) is 18.7.